The van der Waals surface area contributed by atoms with E-state index in [0.717, 1.165) is 19.5 Å². The summed E-state index contributed by atoms with van der Waals surface area (Å²) in [7, 11) is 3.72. The van der Waals surface area contributed by atoms with Gasteiger partial charge < -0.3 is 9.64 Å². The Morgan fingerprint density at radius 1 is 1.64 bits per heavy atom. The van der Waals surface area contributed by atoms with Gasteiger partial charge in [-0.1, -0.05) is 11.6 Å². The number of likely N-dealkylation sites (N-methyl/N-ethyl adjacent to an activating group) is 1. The van der Waals surface area contributed by atoms with Crippen molar-refractivity contribution in [3.8, 4) is 0 Å². The first-order valence-corrected chi connectivity index (χ1v) is 5.09. The summed E-state index contributed by atoms with van der Waals surface area (Å²) in [5, 5.41) is 0. The third kappa shape index (κ3) is 4.03. The second-order valence-corrected chi connectivity index (χ2v) is 3.85. The molecule has 80 valence electrons. The van der Waals surface area contributed by atoms with E-state index in [2.05, 4.69) is 18.0 Å². The van der Waals surface area contributed by atoms with Crippen LogP contribution in [0.15, 0.2) is 11.6 Å². The molecule has 0 N–H and O–H groups in total. The number of rotatable bonds is 5. The molecule has 0 radical (unpaired) electrons. The molecular weight excluding hydrogens is 178 g/mol. The lowest BCUT2D eigenvalue weighted by molar-refractivity contribution is -0.119. The Morgan fingerprint density at radius 3 is 3.07 bits per heavy atom. The van der Waals surface area contributed by atoms with Crippen LogP contribution in [0.2, 0.25) is 0 Å². The van der Waals surface area contributed by atoms with Gasteiger partial charge in [-0.05, 0) is 13.5 Å². The van der Waals surface area contributed by atoms with Gasteiger partial charge in [-0.15, -0.1) is 0 Å². The first-order chi connectivity index (χ1) is 6.72. The molecule has 0 amide bonds. The number of hydrogen-bond acceptors (Lipinski definition) is 3. The number of ether oxygens (including phenoxy) is 1. The lowest BCUT2D eigenvalue weighted by Gasteiger charge is -2.22. The summed E-state index contributed by atoms with van der Waals surface area (Å²) in [4.78, 5) is 13.7. The molecule has 1 rings (SSSR count). The summed E-state index contributed by atoms with van der Waals surface area (Å²) < 4.78 is 4.87. The van der Waals surface area contributed by atoms with Crippen LogP contribution in [-0.2, 0) is 9.53 Å². The van der Waals surface area contributed by atoms with E-state index in [1.807, 2.05) is 0 Å². The standard InChI is InChI=1S/C11H19NO2/c1-12-6-3-4-10(9-12)8-11(13)5-7-14-2/h4H,3,5-9H2,1-2H3. The molecule has 0 saturated carbocycles. The van der Waals surface area contributed by atoms with Crippen LogP contribution < -0.4 is 0 Å². The SMILES string of the molecule is COCCC(=O)CC1=CCCN(C)C1. The molecule has 0 unspecified atom stereocenters. The second-order valence-electron chi connectivity index (χ2n) is 3.85. The first kappa shape index (κ1) is 11.4. The van der Waals surface area contributed by atoms with Gasteiger partial charge in [0.15, 0.2) is 0 Å². The minimum absolute atomic E-state index is 0.286. The fourth-order valence-electron chi connectivity index (χ4n) is 1.66. The third-order valence-corrected chi connectivity index (χ3v) is 2.43. The van der Waals surface area contributed by atoms with E-state index in [9.17, 15) is 4.79 Å². The maximum Gasteiger partial charge on any atom is 0.139 e. The zero-order valence-electron chi connectivity index (χ0n) is 9.08. The highest BCUT2D eigenvalue weighted by Crippen LogP contribution is 2.12. The number of Topliss-reactive ketones (excluding diaryl/α,β-unsaturated/α-hetero) is 1. The maximum absolute atomic E-state index is 11.4. The number of carbonyl (C=O) groups is 1. The fourth-order valence-corrected chi connectivity index (χ4v) is 1.66. The van der Waals surface area contributed by atoms with Crippen LogP contribution >= 0.6 is 0 Å². The zero-order valence-corrected chi connectivity index (χ0v) is 9.08. The molecule has 0 aromatic heterocycles. The van der Waals surface area contributed by atoms with Gasteiger partial charge in [-0.3, -0.25) is 4.79 Å². The number of methoxy groups -OCH3 is 1. The third-order valence-electron chi connectivity index (χ3n) is 2.43. The van der Waals surface area contributed by atoms with Crippen molar-refractivity contribution in [3.63, 3.8) is 0 Å². The van der Waals surface area contributed by atoms with Crippen molar-refractivity contribution in [1.82, 2.24) is 4.90 Å². The van der Waals surface area contributed by atoms with Crippen molar-refractivity contribution in [2.24, 2.45) is 0 Å². The summed E-state index contributed by atoms with van der Waals surface area (Å²) in [5.41, 5.74) is 1.26. The predicted molar refractivity (Wildman–Crippen MR) is 56.3 cm³/mol. The maximum atomic E-state index is 11.4. The van der Waals surface area contributed by atoms with Crippen molar-refractivity contribution in [3.05, 3.63) is 11.6 Å². The predicted octanol–water partition coefficient (Wildman–Crippen LogP) is 1.24. The molecule has 3 nitrogen and oxygen atoms in total. The summed E-state index contributed by atoms with van der Waals surface area (Å²) in [6.07, 6.45) is 4.42. The van der Waals surface area contributed by atoms with Gasteiger partial charge in [0.1, 0.15) is 5.78 Å². The topological polar surface area (TPSA) is 29.5 Å². The lowest BCUT2D eigenvalue weighted by atomic mass is 10.0. The van der Waals surface area contributed by atoms with E-state index in [1.165, 1.54) is 5.57 Å². The molecule has 14 heavy (non-hydrogen) atoms. The van der Waals surface area contributed by atoms with E-state index in [4.69, 9.17) is 4.74 Å². The monoisotopic (exact) mass is 197 g/mol. The molecule has 0 spiro atoms. The van der Waals surface area contributed by atoms with Crippen molar-refractivity contribution in [1.29, 1.82) is 0 Å². The Bertz CT molecular complexity index is 223. The van der Waals surface area contributed by atoms with Crippen LogP contribution in [-0.4, -0.2) is 44.5 Å². The average molecular weight is 197 g/mol. The van der Waals surface area contributed by atoms with Gasteiger partial charge in [0.2, 0.25) is 0 Å². The Kier molecular flexibility index (Phi) is 4.84. The van der Waals surface area contributed by atoms with Crippen molar-refractivity contribution in [2.45, 2.75) is 19.3 Å². The number of nitrogens with zero attached hydrogens (tertiary/aromatic N) is 1. The van der Waals surface area contributed by atoms with Gasteiger partial charge in [0.05, 0.1) is 6.61 Å². The van der Waals surface area contributed by atoms with Crippen LogP contribution in [0.4, 0.5) is 0 Å². The van der Waals surface area contributed by atoms with E-state index in [-0.39, 0.29) is 5.78 Å². The zero-order chi connectivity index (χ0) is 10.4. The van der Waals surface area contributed by atoms with Crippen molar-refractivity contribution in [2.75, 3.05) is 33.9 Å². The molecule has 0 atom stereocenters. The summed E-state index contributed by atoms with van der Waals surface area (Å²) >= 11 is 0. The molecule has 1 aliphatic rings. The first-order valence-electron chi connectivity index (χ1n) is 5.09. The molecule has 0 aromatic rings. The molecule has 0 saturated heterocycles. The van der Waals surface area contributed by atoms with E-state index in [0.29, 0.717) is 19.4 Å². The number of hydrogen-bond donors (Lipinski definition) is 0. The average Bonchev–Trinajstić information content (AvgIpc) is 2.15. The molecule has 0 fully saturated rings. The molecular formula is C11H19NO2. The fraction of sp³-hybridized carbons (Fsp3) is 0.727. The van der Waals surface area contributed by atoms with Gasteiger partial charge >= 0.3 is 0 Å². The van der Waals surface area contributed by atoms with Gasteiger partial charge in [-0.2, -0.15) is 0 Å². The minimum Gasteiger partial charge on any atom is -0.384 e. The quantitative estimate of drug-likeness (QED) is 0.621. The van der Waals surface area contributed by atoms with Crippen LogP contribution in [0.5, 0.6) is 0 Å². The highest BCUT2D eigenvalue weighted by molar-refractivity contribution is 5.81. The Balaban J connectivity index is 2.29. The highest BCUT2D eigenvalue weighted by Gasteiger charge is 2.11. The Hall–Kier alpha value is -0.670. The second kappa shape index (κ2) is 5.94. The van der Waals surface area contributed by atoms with E-state index >= 15 is 0 Å². The van der Waals surface area contributed by atoms with E-state index in [1.54, 1.807) is 7.11 Å². The van der Waals surface area contributed by atoms with Crippen molar-refractivity contribution >= 4 is 5.78 Å². The van der Waals surface area contributed by atoms with E-state index < -0.39 is 0 Å². The highest BCUT2D eigenvalue weighted by atomic mass is 16.5. The normalized spacial score (nSPS) is 18.0. The molecule has 0 aromatic carbocycles. The van der Waals surface area contributed by atoms with Crippen LogP contribution in [0.3, 0.4) is 0 Å². The van der Waals surface area contributed by atoms with Crippen LogP contribution in [0.1, 0.15) is 19.3 Å². The smallest absolute Gasteiger partial charge is 0.139 e. The van der Waals surface area contributed by atoms with Crippen molar-refractivity contribution < 1.29 is 9.53 Å². The molecule has 1 aliphatic heterocycles. The summed E-state index contributed by atoms with van der Waals surface area (Å²) in [5.74, 6) is 0.286. The number of carbonyl (C=O) groups excluding carboxylic acids is 1. The Morgan fingerprint density at radius 2 is 2.43 bits per heavy atom. The largest absolute Gasteiger partial charge is 0.384 e. The summed E-state index contributed by atoms with van der Waals surface area (Å²) in [6, 6.07) is 0. The lowest BCUT2D eigenvalue weighted by Crippen LogP contribution is -2.26. The molecule has 3 heteroatoms. The Labute approximate surface area is 85.7 Å². The molecule has 1 heterocycles. The van der Waals surface area contributed by atoms with Gasteiger partial charge in [0, 0.05) is 33.0 Å². The molecule has 0 bridgehead atoms. The van der Waals surface area contributed by atoms with Gasteiger partial charge in [-0.25, -0.2) is 0 Å². The summed E-state index contributed by atoms with van der Waals surface area (Å²) in [6.45, 7) is 2.59. The van der Waals surface area contributed by atoms with Gasteiger partial charge in [0.25, 0.3) is 0 Å². The molecule has 0 aliphatic carbocycles. The minimum atomic E-state index is 0.286. The van der Waals surface area contributed by atoms with Crippen LogP contribution in [0.25, 0.3) is 0 Å². The van der Waals surface area contributed by atoms with Crippen LogP contribution in [0, 0.1) is 0 Å². The number of ketones is 1.